The molecule has 0 amide bonds. The fourth-order valence-electron chi connectivity index (χ4n) is 2.33. The number of oxime groups is 1. The summed E-state index contributed by atoms with van der Waals surface area (Å²) in [6.45, 7) is 0. The summed E-state index contributed by atoms with van der Waals surface area (Å²) in [5, 5.41) is 7.26. The first-order valence-corrected chi connectivity index (χ1v) is 8.85. The Morgan fingerprint density at radius 3 is 2.32 bits per heavy atom. The molecule has 0 aliphatic heterocycles. The third-order valence-electron chi connectivity index (χ3n) is 3.58. The molecule has 0 N–H and O–H groups in total. The van der Waals surface area contributed by atoms with Crippen LogP contribution in [-0.4, -0.2) is 22.0 Å². The lowest BCUT2D eigenvalue weighted by Crippen LogP contribution is -2.09. The second kappa shape index (κ2) is 8.30. The largest absolute Gasteiger partial charge is 0.435 e. The molecule has 5 nitrogen and oxygen atoms in total. The van der Waals surface area contributed by atoms with Crippen molar-refractivity contribution in [2.45, 2.75) is 16.1 Å². The van der Waals surface area contributed by atoms with Crippen LogP contribution in [0.3, 0.4) is 0 Å². The minimum absolute atomic E-state index is 0.220. The van der Waals surface area contributed by atoms with Crippen LogP contribution < -0.4 is 0 Å². The Hall–Kier alpha value is -3.07. The summed E-state index contributed by atoms with van der Waals surface area (Å²) in [6, 6.07) is 16.9. The van der Waals surface area contributed by atoms with Gasteiger partial charge < -0.3 is 4.84 Å². The lowest BCUT2D eigenvalue weighted by molar-refractivity contribution is -0.141. The van der Waals surface area contributed by atoms with E-state index in [9.17, 15) is 18.0 Å². The van der Waals surface area contributed by atoms with Crippen LogP contribution in [0.4, 0.5) is 13.2 Å². The number of nitrogens with zero attached hydrogens (tertiary/aromatic N) is 3. The Morgan fingerprint density at radius 2 is 1.71 bits per heavy atom. The molecule has 28 heavy (non-hydrogen) atoms. The van der Waals surface area contributed by atoms with Crippen molar-refractivity contribution in [2.75, 3.05) is 0 Å². The first-order chi connectivity index (χ1) is 13.4. The molecule has 0 spiro atoms. The molecule has 9 heteroatoms. The molecule has 2 aromatic carbocycles. The molecule has 1 heterocycles. The van der Waals surface area contributed by atoms with Gasteiger partial charge in [-0.25, -0.2) is 4.79 Å². The van der Waals surface area contributed by atoms with E-state index in [0.717, 1.165) is 27.6 Å². The molecule has 0 bridgehead atoms. The molecule has 0 saturated heterocycles. The third kappa shape index (κ3) is 4.61. The average molecular weight is 405 g/mol. The van der Waals surface area contributed by atoms with Gasteiger partial charge in [-0.2, -0.15) is 18.3 Å². The van der Waals surface area contributed by atoms with E-state index in [4.69, 9.17) is 4.84 Å². The highest BCUT2D eigenvalue weighted by Gasteiger charge is 2.38. The Labute approximate surface area is 162 Å². The van der Waals surface area contributed by atoms with Gasteiger partial charge in [0.25, 0.3) is 0 Å². The number of hydrogen-bond donors (Lipinski definition) is 0. The standard InChI is InChI=1S/C19H14F3N3O2S/c1-25-17(28-14-10-6-3-7-11-14)15(16(24-25)19(20,21)22)12-23-27-18(26)13-8-4-2-5-9-13/h2-12H,1H3. The number of rotatable bonds is 5. The Morgan fingerprint density at radius 1 is 1.11 bits per heavy atom. The van der Waals surface area contributed by atoms with Gasteiger partial charge in [-0.05, 0) is 24.3 Å². The SMILES string of the molecule is Cn1nc(C(F)(F)F)c(C=NOC(=O)c2ccccc2)c1Sc1ccccc1. The van der Waals surface area contributed by atoms with Gasteiger partial charge in [0.05, 0.1) is 17.3 Å². The smallest absolute Gasteiger partial charge is 0.313 e. The summed E-state index contributed by atoms with van der Waals surface area (Å²) < 4.78 is 41.3. The minimum Gasteiger partial charge on any atom is -0.313 e. The quantitative estimate of drug-likeness (QED) is 0.348. The van der Waals surface area contributed by atoms with Crippen molar-refractivity contribution in [3.05, 3.63) is 77.5 Å². The topological polar surface area (TPSA) is 56.5 Å². The van der Waals surface area contributed by atoms with E-state index < -0.39 is 17.8 Å². The molecule has 0 saturated carbocycles. The number of alkyl halides is 3. The van der Waals surface area contributed by atoms with E-state index in [2.05, 4.69) is 10.3 Å². The molecule has 1 aromatic heterocycles. The van der Waals surface area contributed by atoms with Crippen LogP contribution >= 0.6 is 11.8 Å². The lowest BCUT2D eigenvalue weighted by atomic mass is 10.2. The van der Waals surface area contributed by atoms with Gasteiger partial charge >= 0.3 is 12.1 Å². The molecule has 144 valence electrons. The normalized spacial score (nSPS) is 11.7. The predicted molar refractivity (Wildman–Crippen MR) is 98.2 cm³/mol. The van der Waals surface area contributed by atoms with E-state index in [-0.39, 0.29) is 16.2 Å². The van der Waals surface area contributed by atoms with E-state index in [1.165, 1.54) is 19.2 Å². The number of hydrogen-bond acceptors (Lipinski definition) is 5. The summed E-state index contributed by atoms with van der Waals surface area (Å²) in [6.07, 6.45) is -3.82. The van der Waals surface area contributed by atoms with E-state index in [1.807, 2.05) is 0 Å². The maximum Gasteiger partial charge on any atom is 0.435 e. The first-order valence-electron chi connectivity index (χ1n) is 8.03. The summed E-state index contributed by atoms with van der Waals surface area (Å²) in [4.78, 5) is 17.4. The number of aromatic nitrogens is 2. The highest BCUT2D eigenvalue weighted by Crippen LogP contribution is 2.37. The zero-order chi connectivity index (χ0) is 20.1. The van der Waals surface area contributed by atoms with Crippen LogP contribution in [0.5, 0.6) is 0 Å². The fourth-order valence-corrected chi connectivity index (χ4v) is 3.27. The number of halogens is 3. The summed E-state index contributed by atoms with van der Waals surface area (Å²) in [5.41, 5.74) is -1.14. The Bertz CT molecular complexity index is 987. The molecule has 0 fully saturated rings. The zero-order valence-electron chi connectivity index (χ0n) is 14.6. The van der Waals surface area contributed by atoms with Crippen molar-refractivity contribution >= 4 is 23.9 Å². The van der Waals surface area contributed by atoms with Crippen LogP contribution in [0.1, 0.15) is 21.6 Å². The van der Waals surface area contributed by atoms with Gasteiger partial charge in [-0.1, -0.05) is 53.3 Å². The van der Waals surface area contributed by atoms with Gasteiger partial charge in [-0.3, -0.25) is 4.68 Å². The molecule has 3 aromatic rings. The first kappa shape index (κ1) is 19.7. The van der Waals surface area contributed by atoms with Crippen LogP contribution in [0, 0.1) is 0 Å². The van der Waals surface area contributed by atoms with Crippen LogP contribution in [0.2, 0.25) is 0 Å². The average Bonchev–Trinajstić information content (AvgIpc) is 2.99. The summed E-state index contributed by atoms with van der Waals surface area (Å²) in [5.74, 6) is -0.772. The number of carbonyl (C=O) groups excluding carboxylic acids is 1. The number of benzene rings is 2. The van der Waals surface area contributed by atoms with Gasteiger partial charge in [0.15, 0.2) is 5.69 Å². The summed E-state index contributed by atoms with van der Waals surface area (Å²) in [7, 11) is 1.41. The maximum atomic E-state index is 13.4. The van der Waals surface area contributed by atoms with Gasteiger partial charge in [0.1, 0.15) is 5.03 Å². The second-order valence-electron chi connectivity index (χ2n) is 5.58. The van der Waals surface area contributed by atoms with E-state index >= 15 is 0 Å². The van der Waals surface area contributed by atoms with Crippen molar-refractivity contribution in [2.24, 2.45) is 12.2 Å². The van der Waals surface area contributed by atoms with Crippen LogP contribution in [0.25, 0.3) is 0 Å². The van der Waals surface area contributed by atoms with Crippen LogP contribution in [0.15, 0.2) is 75.7 Å². The number of carbonyl (C=O) groups is 1. The fraction of sp³-hybridized carbons (Fsp3) is 0.105. The molecular formula is C19H14F3N3O2S. The molecule has 0 radical (unpaired) electrons. The minimum atomic E-state index is -4.68. The summed E-state index contributed by atoms with van der Waals surface area (Å²) >= 11 is 1.10. The number of aryl methyl sites for hydroxylation is 1. The molecule has 3 rings (SSSR count). The van der Waals surface area contributed by atoms with Gasteiger partial charge in [0.2, 0.25) is 0 Å². The van der Waals surface area contributed by atoms with Gasteiger partial charge in [0, 0.05) is 11.9 Å². The second-order valence-corrected chi connectivity index (χ2v) is 6.65. The molecule has 0 aliphatic carbocycles. The zero-order valence-corrected chi connectivity index (χ0v) is 15.4. The maximum absolute atomic E-state index is 13.4. The molecule has 0 aliphatic rings. The van der Waals surface area contributed by atoms with E-state index in [0.29, 0.717) is 0 Å². The molecule has 0 unspecified atom stereocenters. The van der Waals surface area contributed by atoms with Crippen LogP contribution in [-0.2, 0) is 18.1 Å². The van der Waals surface area contributed by atoms with Crippen molar-refractivity contribution in [3.63, 3.8) is 0 Å². The Balaban J connectivity index is 1.90. The van der Waals surface area contributed by atoms with Crippen molar-refractivity contribution in [3.8, 4) is 0 Å². The Kier molecular flexibility index (Phi) is 5.84. The van der Waals surface area contributed by atoms with Gasteiger partial charge in [-0.15, -0.1) is 0 Å². The monoisotopic (exact) mass is 405 g/mol. The van der Waals surface area contributed by atoms with Crippen molar-refractivity contribution in [1.82, 2.24) is 9.78 Å². The highest BCUT2D eigenvalue weighted by atomic mass is 32.2. The highest BCUT2D eigenvalue weighted by molar-refractivity contribution is 7.99. The van der Waals surface area contributed by atoms with Crippen molar-refractivity contribution in [1.29, 1.82) is 0 Å². The molecule has 0 atom stereocenters. The molecular weight excluding hydrogens is 391 g/mol. The third-order valence-corrected chi connectivity index (χ3v) is 4.77. The van der Waals surface area contributed by atoms with Crippen molar-refractivity contribution < 1.29 is 22.8 Å². The predicted octanol–water partition coefficient (Wildman–Crippen LogP) is 4.78. The lowest BCUT2D eigenvalue weighted by Gasteiger charge is -2.05. The van der Waals surface area contributed by atoms with E-state index in [1.54, 1.807) is 48.5 Å².